The fourth-order valence-electron chi connectivity index (χ4n) is 1.34. The Hall–Kier alpha value is -1.50. The number of halogens is 1. The number of aromatic nitrogens is 1. The van der Waals surface area contributed by atoms with Crippen molar-refractivity contribution in [2.45, 2.75) is 10.3 Å². The molecule has 0 saturated heterocycles. The topological polar surface area (TPSA) is 36.7 Å². The molecule has 17 heavy (non-hydrogen) atoms. The van der Waals surface area contributed by atoms with Crippen molar-refractivity contribution < 1.29 is 0 Å². The van der Waals surface area contributed by atoms with Gasteiger partial charge in [-0.3, -0.25) is 0 Å². The molecule has 0 amide bonds. The molecule has 0 aliphatic carbocycles. The molecule has 0 saturated carbocycles. The Bertz CT molecular complexity index is 519. The van der Waals surface area contributed by atoms with Gasteiger partial charge >= 0.3 is 0 Å². The van der Waals surface area contributed by atoms with Crippen molar-refractivity contribution >= 4 is 23.4 Å². The highest BCUT2D eigenvalue weighted by atomic mass is 35.5. The Kier molecular flexibility index (Phi) is 4.03. The Morgan fingerprint density at radius 1 is 1.18 bits per heavy atom. The van der Waals surface area contributed by atoms with Gasteiger partial charge in [0.1, 0.15) is 5.25 Å². The van der Waals surface area contributed by atoms with Gasteiger partial charge in [-0.2, -0.15) is 5.26 Å². The number of rotatable bonds is 3. The molecule has 2 rings (SSSR count). The summed E-state index contributed by atoms with van der Waals surface area (Å²) in [6.07, 6.45) is 1.72. The van der Waals surface area contributed by atoms with E-state index in [1.165, 1.54) is 11.8 Å². The van der Waals surface area contributed by atoms with Crippen molar-refractivity contribution in [3.05, 3.63) is 59.2 Å². The molecule has 0 fully saturated rings. The number of nitrogens with zero attached hydrogens (tertiary/aromatic N) is 2. The summed E-state index contributed by atoms with van der Waals surface area (Å²) in [5, 5.41) is 10.4. The maximum absolute atomic E-state index is 9.18. The zero-order chi connectivity index (χ0) is 12.1. The summed E-state index contributed by atoms with van der Waals surface area (Å²) in [5.41, 5.74) is 0.938. The van der Waals surface area contributed by atoms with E-state index in [9.17, 15) is 5.26 Å². The number of nitriles is 1. The summed E-state index contributed by atoms with van der Waals surface area (Å²) in [6.45, 7) is 0. The van der Waals surface area contributed by atoms with E-state index >= 15 is 0 Å². The molecule has 1 heterocycles. The molecule has 4 heteroatoms. The van der Waals surface area contributed by atoms with Crippen molar-refractivity contribution in [1.82, 2.24) is 4.98 Å². The summed E-state index contributed by atoms with van der Waals surface area (Å²) in [7, 11) is 0. The molecule has 0 N–H and O–H groups in total. The fraction of sp³-hybridized carbons (Fsp3) is 0.0769. The summed E-state index contributed by atoms with van der Waals surface area (Å²) in [5.74, 6) is 0. The van der Waals surface area contributed by atoms with Gasteiger partial charge in [-0.15, -0.1) is 0 Å². The Morgan fingerprint density at radius 2 is 1.94 bits per heavy atom. The molecule has 1 aromatic carbocycles. The second-order valence-electron chi connectivity index (χ2n) is 3.35. The van der Waals surface area contributed by atoms with Gasteiger partial charge in [-0.05, 0) is 29.8 Å². The van der Waals surface area contributed by atoms with Crippen LogP contribution in [0.1, 0.15) is 10.8 Å². The predicted octanol–water partition coefficient (Wildman–Crippen LogP) is 4.09. The lowest BCUT2D eigenvalue weighted by Gasteiger charge is -2.08. The first kappa shape index (κ1) is 12.0. The first-order chi connectivity index (χ1) is 8.29. The molecule has 0 unspecified atom stereocenters. The van der Waals surface area contributed by atoms with Crippen LogP contribution in [0.25, 0.3) is 0 Å². The quantitative estimate of drug-likeness (QED) is 0.780. The van der Waals surface area contributed by atoms with E-state index in [1.807, 2.05) is 30.3 Å². The monoisotopic (exact) mass is 260 g/mol. The maximum atomic E-state index is 9.18. The number of pyridine rings is 1. The molecule has 2 aromatic rings. The Labute approximate surface area is 109 Å². The van der Waals surface area contributed by atoms with Crippen LogP contribution in [0.4, 0.5) is 0 Å². The van der Waals surface area contributed by atoms with Gasteiger partial charge in [-0.1, -0.05) is 41.6 Å². The number of hydrogen-bond donors (Lipinski definition) is 0. The minimum Gasteiger partial charge on any atom is -0.250 e. The highest BCUT2D eigenvalue weighted by Gasteiger charge is 2.12. The van der Waals surface area contributed by atoms with Crippen LogP contribution in [0.5, 0.6) is 0 Å². The van der Waals surface area contributed by atoms with Crippen LogP contribution in [0.2, 0.25) is 5.02 Å². The Balaban J connectivity index is 2.18. The molecule has 1 aromatic heterocycles. The Morgan fingerprint density at radius 3 is 2.53 bits per heavy atom. The van der Waals surface area contributed by atoms with Crippen LogP contribution in [0, 0.1) is 11.3 Å². The molecule has 2 nitrogen and oxygen atoms in total. The van der Waals surface area contributed by atoms with Crippen LogP contribution in [0.3, 0.4) is 0 Å². The van der Waals surface area contributed by atoms with E-state index in [-0.39, 0.29) is 5.25 Å². The van der Waals surface area contributed by atoms with E-state index in [4.69, 9.17) is 11.6 Å². The minimum absolute atomic E-state index is 0.262. The largest absolute Gasteiger partial charge is 0.250 e. The molecule has 0 aliphatic rings. The van der Waals surface area contributed by atoms with Gasteiger partial charge in [0.15, 0.2) is 0 Å². The number of benzene rings is 1. The first-order valence-electron chi connectivity index (χ1n) is 5.02. The highest BCUT2D eigenvalue weighted by Crippen LogP contribution is 2.33. The highest BCUT2D eigenvalue weighted by molar-refractivity contribution is 7.99. The lowest BCUT2D eigenvalue weighted by Crippen LogP contribution is -1.91. The SMILES string of the molecule is N#C[C@H](Sc1ccccn1)c1ccc(Cl)cc1. The zero-order valence-electron chi connectivity index (χ0n) is 8.88. The van der Waals surface area contributed by atoms with Crippen molar-refractivity contribution in [1.29, 1.82) is 5.26 Å². The molecule has 0 aliphatic heterocycles. The third kappa shape index (κ3) is 3.23. The lowest BCUT2D eigenvalue weighted by molar-refractivity contribution is 1.11. The van der Waals surface area contributed by atoms with Crippen LogP contribution >= 0.6 is 23.4 Å². The van der Waals surface area contributed by atoms with Gasteiger partial charge in [0.05, 0.1) is 11.1 Å². The predicted molar refractivity (Wildman–Crippen MR) is 69.9 cm³/mol. The maximum Gasteiger partial charge on any atom is 0.123 e. The number of hydrogen-bond acceptors (Lipinski definition) is 3. The van der Waals surface area contributed by atoms with Gasteiger partial charge in [-0.25, -0.2) is 4.98 Å². The minimum atomic E-state index is -0.262. The van der Waals surface area contributed by atoms with Crippen molar-refractivity contribution in [2.75, 3.05) is 0 Å². The van der Waals surface area contributed by atoms with Crippen LogP contribution in [-0.4, -0.2) is 4.98 Å². The van der Waals surface area contributed by atoms with Crippen molar-refractivity contribution in [3.63, 3.8) is 0 Å². The average Bonchev–Trinajstić information content (AvgIpc) is 2.38. The summed E-state index contributed by atoms with van der Waals surface area (Å²) >= 11 is 7.25. The van der Waals surface area contributed by atoms with E-state index in [0.29, 0.717) is 5.02 Å². The van der Waals surface area contributed by atoms with E-state index < -0.39 is 0 Å². The summed E-state index contributed by atoms with van der Waals surface area (Å²) in [4.78, 5) is 4.20. The van der Waals surface area contributed by atoms with Crippen LogP contribution in [-0.2, 0) is 0 Å². The second-order valence-corrected chi connectivity index (χ2v) is 4.91. The smallest absolute Gasteiger partial charge is 0.123 e. The molecule has 84 valence electrons. The van der Waals surface area contributed by atoms with E-state index in [0.717, 1.165) is 10.6 Å². The summed E-state index contributed by atoms with van der Waals surface area (Å²) < 4.78 is 0. The van der Waals surface area contributed by atoms with Gasteiger partial charge < -0.3 is 0 Å². The van der Waals surface area contributed by atoms with Gasteiger partial charge in [0.2, 0.25) is 0 Å². The average molecular weight is 261 g/mol. The molecular weight excluding hydrogens is 252 g/mol. The standard InChI is InChI=1S/C13H9ClN2S/c14-11-6-4-10(5-7-11)12(9-15)17-13-3-1-2-8-16-13/h1-8,12H/t12-/m0/s1. The molecule has 0 spiro atoms. The van der Waals surface area contributed by atoms with Crippen LogP contribution < -0.4 is 0 Å². The summed E-state index contributed by atoms with van der Waals surface area (Å²) in [6, 6.07) is 15.2. The molecule has 0 bridgehead atoms. The fourth-order valence-corrected chi connectivity index (χ4v) is 2.34. The van der Waals surface area contributed by atoms with E-state index in [1.54, 1.807) is 18.3 Å². The van der Waals surface area contributed by atoms with Crippen molar-refractivity contribution in [2.24, 2.45) is 0 Å². The van der Waals surface area contributed by atoms with Gasteiger partial charge in [0.25, 0.3) is 0 Å². The van der Waals surface area contributed by atoms with Crippen molar-refractivity contribution in [3.8, 4) is 6.07 Å². The zero-order valence-corrected chi connectivity index (χ0v) is 10.4. The first-order valence-corrected chi connectivity index (χ1v) is 6.28. The third-order valence-electron chi connectivity index (χ3n) is 2.17. The van der Waals surface area contributed by atoms with Gasteiger partial charge in [0, 0.05) is 11.2 Å². The second kappa shape index (κ2) is 5.72. The molecule has 1 atom stereocenters. The van der Waals surface area contributed by atoms with Crippen LogP contribution in [0.15, 0.2) is 53.7 Å². The molecular formula is C13H9ClN2S. The third-order valence-corrected chi connectivity index (χ3v) is 3.51. The normalized spacial score (nSPS) is 11.8. The van der Waals surface area contributed by atoms with E-state index in [2.05, 4.69) is 11.1 Å². The molecule has 0 radical (unpaired) electrons. The number of thioether (sulfide) groups is 1. The lowest BCUT2D eigenvalue weighted by atomic mass is 10.2.